The number of carbonyl (C=O) groups is 1. The molecule has 2 aromatic carbocycles. The molecule has 0 aliphatic rings. The lowest BCUT2D eigenvalue weighted by Gasteiger charge is -2.06. The van der Waals surface area contributed by atoms with Crippen LogP contribution in [0, 0.1) is 0 Å². The van der Waals surface area contributed by atoms with Crippen LogP contribution in [0.5, 0.6) is 0 Å². The molecule has 26 heavy (non-hydrogen) atoms. The van der Waals surface area contributed by atoms with Gasteiger partial charge in [0.05, 0.1) is 22.5 Å². The van der Waals surface area contributed by atoms with Crippen molar-refractivity contribution in [3.63, 3.8) is 0 Å². The number of nitrogen functional groups attached to an aromatic ring is 1. The average molecular weight is 363 g/mol. The third kappa shape index (κ3) is 3.17. The Morgan fingerprint density at radius 3 is 2.65 bits per heavy atom. The highest BCUT2D eigenvalue weighted by Crippen LogP contribution is 2.28. The van der Waals surface area contributed by atoms with Gasteiger partial charge in [0.1, 0.15) is 11.6 Å². The number of nitrogens with zero attached hydrogens (tertiary/aromatic N) is 2. The number of imidazole rings is 1. The summed E-state index contributed by atoms with van der Waals surface area (Å²) in [6, 6.07) is 16.7. The largest absolute Gasteiger partial charge is 0.384 e. The van der Waals surface area contributed by atoms with Crippen LogP contribution < -0.4 is 5.73 Å². The van der Waals surface area contributed by atoms with Crippen molar-refractivity contribution in [1.29, 1.82) is 0 Å². The van der Waals surface area contributed by atoms with Gasteiger partial charge in [-0.05, 0) is 23.8 Å². The van der Waals surface area contributed by atoms with Crippen molar-refractivity contribution in [2.24, 2.45) is 0 Å². The second kappa shape index (κ2) is 6.61. The molecule has 0 saturated carbocycles. The van der Waals surface area contributed by atoms with E-state index in [1.165, 1.54) is 6.20 Å². The van der Waals surface area contributed by atoms with Gasteiger partial charge in [-0.1, -0.05) is 48.0 Å². The Morgan fingerprint density at radius 2 is 1.88 bits per heavy atom. The van der Waals surface area contributed by atoms with Gasteiger partial charge in [-0.2, -0.15) is 0 Å². The molecule has 0 saturated heterocycles. The zero-order chi connectivity index (χ0) is 18.1. The fourth-order valence-corrected chi connectivity index (χ4v) is 3.07. The monoisotopic (exact) mass is 362 g/mol. The van der Waals surface area contributed by atoms with Gasteiger partial charge >= 0.3 is 0 Å². The number of H-pyrrole nitrogens is 1. The van der Waals surface area contributed by atoms with Crippen LogP contribution >= 0.6 is 11.6 Å². The summed E-state index contributed by atoms with van der Waals surface area (Å²) in [5.74, 6) is 1.05. The summed E-state index contributed by atoms with van der Waals surface area (Å²) in [6.45, 7) is 0. The quantitative estimate of drug-likeness (QED) is 0.530. The van der Waals surface area contributed by atoms with E-state index in [4.69, 9.17) is 17.3 Å². The summed E-state index contributed by atoms with van der Waals surface area (Å²) < 4.78 is 0. The van der Waals surface area contributed by atoms with Crippen LogP contribution in [0.2, 0.25) is 5.02 Å². The fourth-order valence-electron chi connectivity index (χ4n) is 2.86. The van der Waals surface area contributed by atoms with E-state index in [-0.39, 0.29) is 12.2 Å². The molecule has 0 aliphatic heterocycles. The first kappa shape index (κ1) is 16.3. The fraction of sp³-hybridized carbons (Fsp3) is 0.0500. The van der Waals surface area contributed by atoms with Gasteiger partial charge in [-0.25, -0.2) is 9.97 Å². The number of hydrogen-bond donors (Lipinski definition) is 2. The van der Waals surface area contributed by atoms with Crippen LogP contribution in [0.15, 0.2) is 60.8 Å². The van der Waals surface area contributed by atoms with Gasteiger partial charge in [0, 0.05) is 17.3 Å². The Balaban J connectivity index is 1.56. The number of halogens is 1. The van der Waals surface area contributed by atoms with Gasteiger partial charge < -0.3 is 10.7 Å². The van der Waals surface area contributed by atoms with E-state index in [9.17, 15) is 4.79 Å². The van der Waals surface area contributed by atoms with E-state index in [1.54, 1.807) is 18.2 Å². The zero-order valence-electron chi connectivity index (χ0n) is 13.7. The number of nitrogens with two attached hydrogens (primary N) is 1. The number of Topliss-reactive ketones (excluding diaryl/α,β-unsaturated/α-hetero) is 1. The Bertz CT molecular complexity index is 1070. The van der Waals surface area contributed by atoms with E-state index < -0.39 is 0 Å². The SMILES string of the molecule is Nc1cc(-c2ccc(C(=O)Cc3nc4ccccc4[nH]3)cc2)c(Cl)cn1. The second-order valence-electron chi connectivity index (χ2n) is 5.97. The van der Waals surface area contributed by atoms with Crippen molar-refractivity contribution in [2.45, 2.75) is 6.42 Å². The zero-order valence-corrected chi connectivity index (χ0v) is 14.5. The molecule has 0 atom stereocenters. The summed E-state index contributed by atoms with van der Waals surface area (Å²) in [5.41, 5.74) is 9.79. The summed E-state index contributed by atoms with van der Waals surface area (Å²) in [5, 5.41) is 0.514. The Hall–Kier alpha value is -3.18. The van der Waals surface area contributed by atoms with Crippen molar-refractivity contribution in [3.8, 4) is 11.1 Å². The first-order valence-electron chi connectivity index (χ1n) is 8.08. The second-order valence-corrected chi connectivity index (χ2v) is 6.37. The number of hydrogen-bond acceptors (Lipinski definition) is 4. The average Bonchev–Trinajstić information content (AvgIpc) is 3.06. The highest BCUT2D eigenvalue weighted by molar-refractivity contribution is 6.33. The number of benzene rings is 2. The van der Waals surface area contributed by atoms with Crippen molar-refractivity contribution in [3.05, 3.63) is 77.2 Å². The Kier molecular flexibility index (Phi) is 4.14. The molecule has 6 heteroatoms. The van der Waals surface area contributed by atoms with E-state index in [0.29, 0.717) is 22.2 Å². The van der Waals surface area contributed by atoms with Crippen LogP contribution in [0.1, 0.15) is 16.2 Å². The Labute approximate surface area is 154 Å². The lowest BCUT2D eigenvalue weighted by Crippen LogP contribution is -2.04. The van der Waals surface area contributed by atoms with Gasteiger partial charge in [0.25, 0.3) is 0 Å². The highest BCUT2D eigenvalue weighted by atomic mass is 35.5. The molecule has 0 amide bonds. The lowest BCUT2D eigenvalue weighted by molar-refractivity contribution is 0.0991. The molecule has 0 radical (unpaired) electrons. The van der Waals surface area contributed by atoms with Gasteiger partial charge in [0.15, 0.2) is 5.78 Å². The predicted molar refractivity (Wildman–Crippen MR) is 103 cm³/mol. The summed E-state index contributed by atoms with van der Waals surface area (Å²) in [6.07, 6.45) is 1.74. The smallest absolute Gasteiger partial charge is 0.170 e. The molecule has 0 spiro atoms. The van der Waals surface area contributed by atoms with Gasteiger partial charge in [-0.15, -0.1) is 0 Å². The van der Waals surface area contributed by atoms with E-state index >= 15 is 0 Å². The molecule has 3 N–H and O–H groups in total. The minimum absolute atomic E-state index is 0.00375. The van der Waals surface area contributed by atoms with Crippen molar-refractivity contribution in [1.82, 2.24) is 15.0 Å². The molecular formula is C20H15ClN4O. The van der Waals surface area contributed by atoms with Crippen LogP contribution in [0.3, 0.4) is 0 Å². The van der Waals surface area contributed by atoms with E-state index in [2.05, 4.69) is 15.0 Å². The molecule has 2 aromatic heterocycles. The molecule has 0 bridgehead atoms. The molecule has 5 nitrogen and oxygen atoms in total. The molecule has 0 unspecified atom stereocenters. The number of fused-ring (bicyclic) bond motifs is 1. The van der Waals surface area contributed by atoms with Crippen LogP contribution in [-0.4, -0.2) is 20.7 Å². The number of nitrogens with one attached hydrogen (secondary N) is 1. The maximum Gasteiger partial charge on any atom is 0.170 e. The van der Waals surface area contributed by atoms with Crippen LogP contribution in [-0.2, 0) is 6.42 Å². The molecular weight excluding hydrogens is 348 g/mol. The number of carbonyl (C=O) groups excluding carboxylic acids is 1. The van der Waals surface area contributed by atoms with Gasteiger partial charge in [0.2, 0.25) is 0 Å². The third-order valence-corrected chi connectivity index (χ3v) is 4.46. The third-order valence-electron chi connectivity index (χ3n) is 4.16. The maximum atomic E-state index is 12.5. The minimum atomic E-state index is -0.00375. The summed E-state index contributed by atoms with van der Waals surface area (Å²) in [4.78, 5) is 24.1. The number of pyridine rings is 1. The molecule has 128 valence electrons. The number of aromatic amines is 1. The van der Waals surface area contributed by atoms with Crippen molar-refractivity contribution < 1.29 is 4.79 Å². The van der Waals surface area contributed by atoms with Gasteiger partial charge in [-0.3, -0.25) is 4.79 Å². The summed E-state index contributed by atoms with van der Waals surface area (Å²) in [7, 11) is 0. The maximum absolute atomic E-state index is 12.5. The minimum Gasteiger partial charge on any atom is -0.384 e. The molecule has 4 aromatic rings. The number of anilines is 1. The molecule has 2 heterocycles. The highest BCUT2D eigenvalue weighted by Gasteiger charge is 2.12. The van der Waals surface area contributed by atoms with E-state index in [1.807, 2.05) is 36.4 Å². The summed E-state index contributed by atoms with van der Waals surface area (Å²) >= 11 is 6.18. The number of rotatable bonds is 4. The Morgan fingerprint density at radius 1 is 1.12 bits per heavy atom. The number of ketones is 1. The molecule has 0 fully saturated rings. The standard InChI is InChI=1S/C20H15ClN4O/c21-15-11-23-19(22)9-14(15)12-5-7-13(8-6-12)18(26)10-20-24-16-3-1-2-4-17(16)25-20/h1-9,11H,10H2,(H2,22,23)(H,24,25). The van der Waals surface area contributed by atoms with E-state index in [0.717, 1.165) is 22.2 Å². The van der Waals surface area contributed by atoms with Crippen molar-refractivity contribution in [2.75, 3.05) is 5.73 Å². The first-order chi connectivity index (χ1) is 12.6. The normalized spacial score (nSPS) is 11.0. The molecule has 4 rings (SSSR count). The topological polar surface area (TPSA) is 84.7 Å². The first-order valence-corrected chi connectivity index (χ1v) is 8.46. The van der Waals surface area contributed by atoms with Crippen LogP contribution in [0.25, 0.3) is 22.2 Å². The van der Waals surface area contributed by atoms with Crippen molar-refractivity contribution >= 4 is 34.2 Å². The number of para-hydroxylation sites is 2. The number of aromatic nitrogens is 3. The predicted octanol–water partition coefficient (Wildman–Crippen LogP) is 4.29. The lowest BCUT2D eigenvalue weighted by atomic mass is 10.0. The molecule has 0 aliphatic carbocycles. The van der Waals surface area contributed by atoms with Crippen LogP contribution in [0.4, 0.5) is 5.82 Å².